The lowest BCUT2D eigenvalue weighted by atomic mass is 9.95. The minimum absolute atomic E-state index is 0.779. The molecule has 106 valence electrons. The molecule has 0 bridgehead atoms. The Bertz CT molecular complexity index is 601. The zero-order valence-electron chi connectivity index (χ0n) is 11.2. The molecular formula is C15H17Br2N3. The molecule has 0 N–H and O–H groups in total. The normalized spacial score (nSPS) is 19.5. The average molecular weight is 399 g/mol. The molecule has 0 aromatic carbocycles. The van der Waals surface area contributed by atoms with Gasteiger partial charge in [-0.3, -0.25) is 9.97 Å². The van der Waals surface area contributed by atoms with Gasteiger partial charge in [-0.05, 0) is 53.2 Å². The Morgan fingerprint density at radius 3 is 3.10 bits per heavy atom. The molecule has 1 fully saturated rings. The quantitative estimate of drug-likeness (QED) is 0.717. The largest absolute Gasteiger partial charge is 0.369 e. The third-order valence-corrected chi connectivity index (χ3v) is 4.79. The molecule has 1 aliphatic rings. The van der Waals surface area contributed by atoms with Crippen LogP contribution in [0.5, 0.6) is 0 Å². The Morgan fingerprint density at radius 2 is 2.25 bits per heavy atom. The maximum Gasteiger partial charge on any atom is 0.112 e. The summed E-state index contributed by atoms with van der Waals surface area (Å²) >= 11 is 7.02. The molecule has 1 saturated heterocycles. The van der Waals surface area contributed by atoms with Gasteiger partial charge in [0.15, 0.2) is 0 Å². The average Bonchev–Trinajstić information content (AvgIpc) is 2.47. The highest BCUT2D eigenvalue weighted by Crippen LogP contribution is 2.30. The smallest absolute Gasteiger partial charge is 0.112 e. The zero-order chi connectivity index (χ0) is 13.9. The molecule has 1 atom stereocenters. The van der Waals surface area contributed by atoms with Gasteiger partial charge in [0.05, 0.1) is 11.2 Å². The van der Waals surface area contributed by atoms with Crippen LogP contribution in [0, 0.1) is 5.92 Å². The molecule has 3 heterocycles. The first kappa shape index (κ1) is 14.3. The van der Waals surface area contributed by atoms with E-state index in [1.54, 1.807) is 0 Å². The number of hydrogen-bond donors (Lipinski definition) is 0. The molecular weight excluding hydrogens is 382 g/mol. The molecule has 20 heavy (non-hydrogen) atoms. The van der Waals surface area contributed by atoms with E-state index in [4.69, 9.17) is 0 Å². The molecule has 2 aromatic rings. The highest BCUT2D eigenvalue weighted by Gasteiger charge is 2.21. The van der Waals surface area contributed by atoms with E-state index in [2.05, 4.69) is 52.8 Å². The number of fused-ring (bicyclic) bond motifs is 1. The zero-order valence-corrected chi connectivity index (χ0v) is 14.4. The van der Waals surface area contributed by atoms with Crippen molar-refractivity contribution in [1.29, 1.82) is 0 Å². The molecule has 2 aromatic heterocycles. The molecule has 1 unspecified atom stereocenters. The number of piperidine rings is 1. The van der Waals surface area contributed by atoms with Crippen LogP contribution in [0.3, 0.4) is 0 Å². The molecule has 0 saturated carbocycles. The summed E-state index contributed by atoms with van der Waals surface area (Å²) in [4.78, 5) is 11.5. The topological polar surface area (TPSA) is 29.0 Å². The third kappa shape index (κ3) is 2.98. The van der Waals surface area contributed by atoms with Crippen LogP contribution in [0.15, 0.2) is 29.0 Å². The van der Waals surface area contributed by atoms with Gasteiger partial charge in [-0.1, -0.05) is 15.9 Å². The Morgan fingerprint density at radius 1 is 1.35 bits per heavy atom. The van der Waals surface area contributed by atoms with Crippen LogP contribution in [-0.2, 0) is 0 Å². The van der Waals surface area contributed by atoms with E-state index >= 15 is 0 Å². The number of pyridine rings is 2. The number of rotatable bonds is 3. The first-order valence-electron chi connectivity index (χ1n) is 6.99. The second-order valence-electron chi connectivity index (χ2n) is 5.28. The number of anilines is 1. The van der Waals surface area contributed by atoms with E-state index in [1.807, 2.05) is 18.5 Å². The first-order chi connectivity index (χ1) is 9.78. The van der Waals surface area contributed by atoms with Crippen LogP contribution in [0.2, 0.25) is 0 Å². The summed E-state index contributed by atoms with van der Waals surface area (Å²) in [7, 11) is 0. The predicted octanol–water partition coefficient (Wildman–Crippen LogP) is 4.39. The number of aromatic nitrogens is 2. The SMILES string of the molecule is BrCCC1CCCN(c2ccnc3cc(Br)cnc23)C1. The van der Waals surface area contributed by atoms with Crippen molar-refractivity contribution in [1.82, 2.24) is 9.97 Å². The van der Waals surface area contributed by atoms with E-state index in [-0.39, 0.29) is 0 Å². The minimum atomic E-state index is 0.779. The third-order valence-electron chi connectivity index (χ3n) is 3.90. The van der Waals surface area contributed by atoms with Gasteiger partial charge >= 0.3 is 0 Å². The van der Waals surface area contributed by atoms with Gasteiger partial charge in [0.1, 0.15) is 5.52 Å². The van der Waals surface area contributed by atoms with Crippen molar-refractivity contribution in [2.24, 2.45) is 5.92 Å². The maximum absolute atomic E-state index is 4.57. The lowest BCUT2D eigenvalue weighted by Gasteiger charge is -2.34. The fraction of sp³-hybridized carbons (Fsp3) is 0.467. The van der Waals surface area contributed by atoms with Crippen molar-refractivity contribution in [2.75, 3.05) is 23.3 Å². The van der Waals surface area contributed by atoms with E-state index in [0.717, 1.165) is 39.8 Å². The lowest BCUT2D eigenvalue weighted by Crippen LogP contribution is -2.35. The molecule has 0 spiro atoms. The van der Waals surface area contributed by atoms with Gasteiger partial charge in [-0.25, -0.2) is 0 Å². The fourth-order valence-corrected chi connectivity index (χ4v) is 3.89. The van der Waals surface area contributed by atoms with Crippen molar-refractivity contribution in [3.05, 3.63) is 29.0 Å². The maximum atomic E-state index is 4.57. The van der Waals surface area contributed by atoms with E-state index in [9.17, 15) is 0 Å². The second kappa shape index (κ2) is 6.39. The van der Waals surface area contributed by atoms with Crippen molar-refractivity contribution >= 4 is 48.6 Å². The van der Waals surface area contributed by atoms with E-state index in [1.165, 1.54) is 24.9 Å². The van der Waals surface area contributed by atoms with Gasteiger partial charge in [0, 0.05) is 35.3 Å². The van der Waals surface area contributed by atoms with Crippen molar-refractivity contribution < 1.29 is 0 Å². The molecule has 5 heteroatoms. The van der Waals surface area contributed by atoms with Gasteiger partial charge in [-0.15, -0.1) is 0 Å². The highest BCUT2D eigenvalue weighted by atomic mass is 79.9. The summed E-state index contributed by atoms with van der Waals surface area (Å²) < 4.78 is 0.977. The Balaban J connectivity index is 1.93. The Labute approximate surface area is 136 Å². The second-order valence-corrected chi connectivity index (χ2v) is 6.99. The van der Waals surface area contributed by atoms with Gasteiger partial charge < -0.3 is 4.90 Å². The number of hydrogen-bond acceptors (Lipinski definition) is 3. The van der Waals surface area contributed by atoms with E-state index in [0.29, 0.717) is 0 Å². The van der Waals surface area contributed by atoms with Crippen molar-refractivity contribution in [2.45, 2.75) is 19.3 Å². The summed E-state index contributed by atoms with van der Waals surface area (Å²) in [6, 6.07) is 4.13. The molecule has 0 aliphatic carbocycles. The van der Waals surface area contributed by atoms with Gasteiger partial charge in [0.2, 0.25) is 0 Å². The number of nitrogens with zero attached hydrogens (tertiary/aromatic N) is 3. The summed E-state index contributed by atoms with van der Waals surface area (Å²) in [5.41, 5.74) is 3.19. The first-order valence-corrected chi connectivity index (χ1v) is 8.90. The molecule has 0 radical (unpaired) electrons. The summed E-state index contributed by atoms with van der Waals surface area (Å²) in [6.45, 7) is 2.25. The number of halogens is 2. The molecule has 3 nitrogen and oxygen atoms in total. The summed E-state index contributed by atoms with van der Waals surface area (Å²) in [5.74, 6) is 0.779. The summed E-state index contributed by atoms with van der Waals surface area (Å²) in [6.07, 6.45) is 7.59. The molecule has 3 rings (SSSR count). The van der Waals surface area contributed by atoms with Gasteiger partial charge in [-0.2, -0.15) is 0 Å². The fourth-order valence-electron chi connectivity index (χ4n) is 2.92. The predicted molar refractivity (Wildman–Crippen MR) is 90.6 cm³/mol. The van der Waals surface area contributed by atoms with Crippen molar-refractivity contribution in [3.8, 4) is 0 Å². The monoisotopic (exact) mass is 397 g/mol. The molecule has 1 aliphatic heterocycles. The van der Waals surface area contributed by atoms with Gasteiger partial charge in [0.25, 0.3) is 0 Å². The minimum Gasteiger partial charge on any atom is -0.369 e. The van der Waals surface area contributed by atoms with Crippen LogP contribution >= 0.6 is 31.9 Å². The highest BCUT2D eigenvalue weighted by molar-refractivity contribution is 9.10. The van der Waals surface area contributed by atoms with Crippen LogP contribution < -0.4 is 4.90 Å². The van der Waals surface area contributed by atoms with Crippen LogP contribution in [-0.4, -0.2) is 28.4 Å². The van der Waals surface area contributed by atoms with Crippen LogP contribution in [0.1, 0.15) is 19.3 Å². The summed E-state index contributed by atoms with van der Waals surface area (Å²) in [5, 5.41) is 1.09. The standard InChI is InChI=1S/C15H17Br2N3/c16-5-3-11-2-1-7-20(10-11)14-4-6-18-13-8-12(17)9-19-15(13)14/h4,6,8-9,11H,1-3,5,7,10H2. The molecule has 0 amide bonds. The Kier molecular flexibility index (Phi) is 4.56. The van der Waals surface area contributed by atoms with Crippen molar-refractivity contribution in [3.63, 3.8) is 0 Å². The number of alkyl halides is 1. The van der Waals surface area contributed by atoms with E-state index < -0.39 is 0 Å². The lowest BCUT2D eigenvalue weighted by molar-refractivity contribution is 0.408. The Hall–Kier alpha value is -0.680. The van der Waals surface area contributed by atoms with Crippen LogP contribution in [0.25, 0.3) is 11.0 Å². The van der Waals surface area contributed by atoms with Crippen LogP contribution in [0.4, 0.5) is 5.69 Å².